The van der Waals surface area contributed by atoms with Crippen LogP contribution >= 0.6 is 0 Å². The van der Waals surface area contributed by atoms with E-state index in [9.17, 15) is 4.79 Å². The molecular formula is C18H21N5O2. The monoisotopic (exact) mass is 339 g/mol. The minimum absolute atomic E-state index is 0.211. The first-order valence-corrected chi connectivity index (χ1v) is 8.62. The van der Waals surface area contributed by atoms with Crippen LogP contribution in [-0.4, -0.2) is 45.6 Å². The molecule has 0 bridgehead atoms. The van der Waals surface area contributed by atoms with Gasteiger partial charge in [-0.15, -0.1) is 5.10 Å². The molecule has 25 heavy (non-hydrogen) atoms. The number of pyridine rings is 1. The van der Waals surface area contributed by atoms with Crippen molar-refractivity contribution in [1.82, 2.24) is 20.0 Å². The second kappa shape index (κ2) is 6.31. The van der Waals surface area contributed by atoms with E-state index in [1.54, 1.807) is 23.9 Å². The van der Waals surface area contributed by atoms with Crippen LogP contribution in [0.3, 0.4) is 0 Å². The number of hydrogen-bond donors (Lipinski definition) is 0. The highest BCUT2D eigenvalue weighted by molar-refractivity contribution is 5.86. The van der Waals surface area contributed by atoms with Crippen LogP contribution < -0.4 is 4.90 Å². The summed E-state index contributed by atoms with van der Waals surface area (Å²) in [6.45, 7) is 8.66. The number of carbonyl (C=O) groups excluding carboxylic acids is 1. The van der Waals surface area contributed by atoms with Gasteiger partial charge in [0.05, 0.1) is 25.0 Å². The zero-order chi connectivity index (χ0) is 17.4. The molecule has 1 saturated carbocycles. The Balaban J connectivity index is 1.50. The van der Waals surface area contributed by atoms with Gasteiger partial charge >= 0.3 is 5.97 Å². The van der Waals surface area contributed by atoms with Gasteiger partial charge in [-0.3, -0.25) is 0 Å². The number of piperidine rings is 1. The average molecular weight is 339 g/mol. The lowest BCUT2D eigenvalue weighted by Gasteiger charge is -2.20. The first-order chi connectivity index (χ1) is 12.2. The number of carbonyl (C=O) groups is 1. The molecule has 1 saturated heterocycles. The molecule has 1 aliphatic carbocycles. The standard InChI is InChI=1S/C18H21N5O2/c1-3-15-12(10-23-11-16(20-21-23)18(24)25-4-2)5-6-17(19-15)22-8-13-7-14(13)9-22/h3,5-6,11,13-14H,1,4,7-10H2,2H3. The Morgan fingerprint density at radius 1 is 1.40 bits per heavy atom. The van der Waals surface area contributed by atoms with E-state index in [2.05, 4.69) is 33.9 Å². The summed E-state index contributed by atoms with van der Waals surface area (Å²) in [5.74, 6) is 2.28. The van der Waals surface area contributed by atoms with Gasteiger partial charge in [-0.05, 0) is 42.9 Å². The van der Waals surface area contributed by atoms with Gasteiger partial charge in [0.15, 0.2) is 5.69 Å². The lowest BCUT2D eigenvalue weighted by Crippen LogP contribution is -2.23. The molecule has 2 fully saturated rings. The number of fused-ring (bicyclic) bond motifs is 1. The fourth-order valence-electron chi connectivity index (χ4n) is 3.41. The van der Waals surface area contributed by atoms with Gasteiger partial charge in [-0.25, -0.2) is 14.5 Å². The summed E-state index contributed by atoms with van der Waals surface area (Å²) in [5, 5.41) is 7.86. The molecule has 130 valence electrons. The molecule has 0 N–H and O–H groups in total. The van der Waals surface area contributed by atoms with E-state index in [4.69, 9.17) is 9.72 Å². The van der Waals surface area contributed by atoms with Crippen molar-refractivity contribution in [2.24, 2.45) is 11.8 Å². The molecule has 2 aliphatic rings. The fraction of sp³-hybridized carbons (Fsp3) is 0.444. The second-order valence-electron chi connectivity index (χ2n) is 6.60. The van der Waals surface area contributed by atoms with E-state index >= 15 is 0 Å². The predicted octanol–water partition coefficient (Wildman–Crippen LogP) is 2.00. The summed E-state index contributed by atoms with van der Waals surface area (Å²) in [5.41, 5.74) is 2.04. The third-order valence-electron chi connectivity index (χ3n) is 4.85. The van der Waals surface area contributed by atoms with Crippen LogP contribution in [0.2, 0.25) is 0 Å². The first kappa shape index (κ1) is 15.8. The molecular weight excluding hydrogens is 318 g/mol. The lowest BCUT2D eigenvalue weighted by molar-refractivity contribution is 0.0519. The van der Waals surface area contributed by atoms with Crippen LogP contribution in [0.4, 0.5) is 5.82 Å². The number of rotatable bonds is 6. The van der Waals surface area contributed by atoms with E-state index in [1.165, 1.54) is 6.42 Å². The van der Waals surface area contributed by atoms with Gasteiger partial charge < -0.3 is 9.64 Å². The molecule has 7 heteroatoms. The van der Waals surface area contributed by atoms with Gasteiger partial charge in [0.1, 0.15) is 5.82 Å². The molecule has 4 rings (SSSR count). The number of anilines is 1. The molecule has 2 aromatic rings. The van der Waals surface area contributed by atoms with Gasteiger partial charge in [0.2, 0.25) is 0 Å². The SMILES string of the molecule is C=Cc1nc(N2CC3CC3C2)ccc1Cn1cc(C(=O)OCC)nn1. The van der Waals surface area contributed by atoms with Crippen LogP contribution in [0.25, 0.3) is 6.08 Å². The van der Waals surface area contributed by atoms with Crippen molar-refractivity contribution in [3.05, 3.63) is 41.9 Å². The molecule has 1 aliphatic heterocycles. The Hall–Kier alpha value is -2.70. The number of hydrogen-bond acceptors (Lipinski definition) is 6. The largest absolute Gasteiger partial charge is 0.461 e. The molecule has 0 spiro atoms. The molecule has 0 radical (unpaired) electrons. The van der Waals surface area contributed by atoms with Crippen molar-refractivity contribution in [2.75, 3.05) is 24.6 Å². The zero-order valence-electron chi connectivity index (χ0n) is 14.3. The summed E-state index contributed by atoms with van der Waals surface area (Å²) >= 11 is 0. The molecule has 2 aromatic heterocycles. The highest BCUT2D eigenvalue weighted by Gasteiger charge is 2.45. The van der Waals surface area contributed by atoms with E-state index in [1.807, 2.05) is 0 Å². The van der Waals surface area contributed by atoms with Crippen molar-refractivity contribution in [3.8, 4) is 0 Å². The van der Waals surface area contributed by atoms with Crippen LogP contribution in [0.5, 0.6) is 0 Å². The van der Waals surface area contributed by atoms with Gasteiger partial charge in [0.25, 0.3) is 0 Å². The van der Waals surface area contributed by atoms with E-state index in [0.29, 0.717) is 13.2 Å². The van der Waals surface area contributed by atoms with Crippen molar-refractivity contribution < 1.29 is 9.53 Å². The normalized spacial score (nSPS) is 21.1. The molecule has 2 unspecified atom stereocenters. The van der Waals surface area contributed by atoms with Gasteiger partial charge in [0, 0.05) is 13.1 Å². The molecule has 0 aromatic carbocycles. The molecule has 3 heterocycles. The van der Waals surface area contributed by atoms with Crippen LogP contribution in [0.1, 0.15) is 35.1 Å². The Morgan fingerprint density at radius 3 is 2.92 bits per heavy atom. The first-order valence-electron chi connectivity index (χ1n) is 8.62. The van der Waals surface area contributed by atoms with Crippen molar-refractivity contribution in [3.63, 3.8) is 0 Å². The Morgan fingerprint density at radius 2 is 2.20 bits per heavy atom. The van der Waals surface area contributed by atoms with Crippen molar-refractivity contribution >= 4 is 17.9 Å². The van der Waals surface area contributed by atoms with Crippen LogP contribution in [-0.2, 0) is 11.3 Å². The van der Waals surface area contributed by atoms with Crippen LogP contribution in [0, 0.1) is 11.8 Å². The van der Waals surface area contributed by atoms with Crippen molar-refractivity contribution in [1.29, 1.82) is 0 Å². The highest BCUT2D eigenvalue weighted by atomic mass is 16.5. The van der Waals surface area contributed by atoms with E-state index < -0.39 is 5.97 Å². The maximum atomic E-state index is 11.7. The lowest BCUT2D eigenvalue weighted by atomic mass is 10.2. The topological polar surface area (TPSA) is 73.1 Å². The van der Waals surface area contributed by atoms with E-state index in [0.717, 1.165) is 42.0 Å². The summed E-state index contributed by atoms with van der Waals surface area (Å²) < 4.78 is 6.54. The smallest absolute Gasteiger partial charge is 0.360 e. The third-order valence-corrected chi connectivity index (χ3v) is 4.85. The minimum atomic E-state index is -0.459. The predicted molar refractivity (Wildman–Crippen MR) is 93.2 cm³/mol. The molecule has 2 atom stereocenters. The Bertz CT molecular complexity index is 806. The Kier molecular flexibility index (Phi) is 3.99. The summed E-state index contributed by atoms with van der Waals surface area (Å²) in [7, 11) is 0. The molecule has 7 nitrogen and oxygen atoms in total. The number of esters is 1. The number of ether oxygens (including phenoxy) is 1. The third kappa shape index (κ3) is 3.14. The second-order valence-corrected chi connectivity index (χ2v) is 6.60. The summed E-state index contributed by atoms with van der Waals surface area (Å²) in [6, 6.07) is 4.10. The summed E-state index contributed by atoms with van der Waals surface area (Å²) in [6.07, 6.45) is 4.73. The van der Waals surface area contributed by atoms with Gasteiger partial charge in [-0.1, -0.05) is 17.9 Å². The molecule has 0 amide bonds. The fourth-order valence-corrected chi connectivity index (χ4v) is 3.41. The maximum Gasteiger partial charge on any atom is 0.360 e. The van der Waals surface area contributed by atoms with Gasteiger partial charge in [-0.2, -0.15) is 0 Å². The number of aromatic nitrogens is 4. The minimum Gasteiger partial charge on any atom is -0.461 e. The Labute approximate surface area is 146 Å². The maximum absolute atomic E-state index is 11.7. The summed E-state index contributed by atoms with van der Waals surface area (Å²) in [4.78, 5) is 18.8. The quantitative estimate of drug-likeness (QED) is 0.750. The average Bonchev–Trinajstić information content (AvgIpc) is 3.02. The van der Waals surface area contributed by atoms with Crippen molar-refractivity contribution in [2.45, 2.75) is 19.9 Å². The number of nitrogens with zero attached hydrogens (tertiary/aromatic N) is 5. The van der Waals surface area contributed by atoms with E-state index in [-0.39, 0.29) is 5.69 Å². The highest BCUT2D eigenvalue weighted by Crippen LogP contribution is 2.45. The van der Waals surface area contributed by atoms with Crippen LogP contribution in [0.15, 0.2) is 24.9 Å². The zero-order valence-corrected chi connectivity index (χ0v) is 14.3.